The summed E-state index contributed by atoms with van der Waals surface area (Å²) < 4.78 is 5.68. The number of pyridine rings is 1. The van der Waals surface area contributed by atoms with Gasteiger partial charge in [-0.3, -0.25) is 0 Å². The van der Waals surface area contributed by atoms with Gasteiger partial charge in [-0.15, -0.1) is 0 Å². The van der Waals surface area contributed by atoms with Crippen LogP contribution in [0.25, 0.3) is 0 Å². The highest BCUT2D eigenvalue weighted by atomic mass is 16.5. The number of para-hydroxylation sites is 1. The number of anilines is 1. The van der Waals surface area contributed by atoms with E-state index in [4.69, 9.17) is 15.7 Å². The fourth-order valence-corrected chi connectivity index (χ4v) is 1.67. The Kier molecular flexibility index (Phi) is 3.16. The summed E-state index contributed by atoms with van der Waals surface area (Å²) in [5.41, 5.74) is 8.59. The average Bonchev–Trinajstić information content (AvgIpc) is 2.33. The van der Waals surface area contributed by atoms with E-state index in [0.717, 1.165) is 11.3 Å². The minimum Gasteiger partial charge on any atom is -0.437 e. The molecule has 18 heavy (non-hydrogen) atoms. The average molecular weight is 239 g/mol. The van der Waals surface area contributed by atoms with Crippen LogP contribution in [-0.2, 0) is 0 Å². The van der Waals surface area contributed by atoms with Gasteiger partial charge in [0.2, 0.25) is 5.88 Å². The van der Waals surface area contributed by atoms with Crippen molar-refractivity contribution < 1.29 is 4.74 Å². The zero-order valence-corrected chi connectivity index (χ0v) is 10.3. The van der Waals surface area contributed by atoms with Gasteiger partial charge in [-0.1, -0.05) is 12.1 Å². The lowest BCUT2D eigenvalue weighted by Gasteiger charge is -2.10. The Morgan fingerprint density at radius 1 is 1.28 bits per heavy atom. The third kappa shape index (κ3) is 2.41. The number of nitrogens with zero attached hydrogens (tertiary/aromatic N) is 2. The number of nitriles is 1. The number of rotatable bonds is 2. The molecule has 1 aromatic heterocycles. The lowest BCUT2D eigenvalue weighted by molar-refractivity contribution is 0.460. The molecule has 0 saturated carbocycles. The van der Waals surface area contributed by atoms with Crippen molar-refractivity contribution in [2.45, 2.75) is 13.8 Å². The monoisotopic (exact) mass is 239 g/mol. The Labute approximate surface area is 106 Å². The summed E-state index contributed by atoms with van der Waals surface area (Å²) in [5.74, 6) is 0.965. The molecule has 4 heteroatoms. The molecule has 0 radical (unpaired) electrons. The van der Waals surface area contributed by atoms with Gasteiger partial charge < -0.3 is 10.5 Å². The molecule has 2 rings (SSSR count). The van der Waals surface area contributed by atoms with Crippen LogP contribution in [0.3, 0.4) is 0 Å². The Balaban J connectivity index is 2.40. The molecule has 0 spiro atoms. The lowest BCUT2D eigenvalue weighted by Crippen LogP contribution is -1.97. The molecule has 1 heterocycles. The molecule has 0 aliphatic rings. The highest BCUT2D eigenvalue weighted by molar-refractivity contribution is 5.57. The largest absolute Gasteiger partial charge is 0.437 e. The van der Waals surface area contributed by atoms with Gasteiger partial charge in [0, 0.05) is 11.8 Å². The molecule has 4 nitrogen and oxygen atoms in total. The standard InChI is InChI=1S/C14H13N3O/c1-9-4-3-5-12(16)14(9)18-13-7-11(8-15)6-10(2)17-13/h3-7H,16H2,1-2H3. The van der Waals surface area contributed by atoms with Gasteiger partial charge in [0.25, 0.3) is 0 Å². The number of nitrogens with two attached hydrogens (primary N) is 1. The number of benzene rings is 1. The smallest absolute Gasteiger partial charge is 0.220 e. The molecule has 2 N–H and O–H groups in total. The summed E-state index contributed by atoms with van der Waals surface area (Å²) in [5, 5.41) is 8.90. The van der Waals surface area contributed by atoms with Crippen molar-refractivity contribution in [2.75, 3.05) is 5.73 Å². The summed E-state index contributed by atoms with van der Waals surface area (Å²) in [4.78, 5) is 4.23. The first-order valence-electron chi connectivity index (χ1n) is 5.52. The topological polar surface area (TPSA) is 71.9 Å². The van der Waals surface area contributed by atoms with E-state index in [1.807, 2.05) is 26.0 Å². The third-order valence-electron chi connectivity index (χ3n) is 2.51. The van der Waals surface area contributed by atoms with Gasteiger partial charge in [-0.05, 0) is 31.5 Å². The van der Waals surface area contributed by atoms with Gasteiger partial charge in [0.05, 0.1) is 17.3 Å². The fraction of sp³-hybridized carbons (Fsp3) is 0.143. The highest BCUT2D eigenvalue weighted by Crippen LogP contribution is 2.30. The molecule has 0 atom stereocenters. The maximum Gasteiger partial charge on any atom is 0.220 e. The number of aryl methyl sites for hydroxylation is 2. The van der Waals surface area contributed by atoms with Gasteiger partial charge in [0.1, 0.15) is 0 Å². The summed E-state index contributed by atoms with van der Waals surface area (Å²) in [6.07, 6.45) is 0. The molecule has 0 bridgehead atoms. The minimum atomic E-state index is 0.382. The summed E-state index contributed by atoms with van der Waals surface area (Å²) in [6.45, 7) is 3.72. The molecule has 90 valence electrons. The molecule has 1 aromatic carbocycles. The summed E-state index contributed by atoms with van der Waals surface area (Å²) >= 11 is 0. The van der Waals surface area contributed by atoms with Crippen LogP contribution in [0, 0.1) is 25.2 Å². The highest BCUT2D eigenvalue weighted by Gasteiger charge is 2.08. The molecule has 0 aliphatic carbocycles. The molecule has 0 unspecified atom stereocenters. The molecule has 0 amide bonds. The van der Waals surface area contributed by atoms with Crippen LogP contribution in [0.4, 0.5) is 5.69 Å². The first kappa shape index (κ1) is 11.9. The molecule has 0 fully saturated rings. The maximum absolute atomic E-state index is 8.90. The Morgan fingerprint density at radius 3 is 2.72 bits per heavy atom. The number of hydrogen-bond acceptors (Lipinski definition) is 4. The predicted molar refractivity (Wildman–Crippen MR) is 69.4 cm³/mol. The van der Waals surface area contributed by atoms with E-state index in [1.165, 1.54) is 0 Å². The van der Waals surface area contributed by atoms with E-state index in [1.54, 1.807) is 18.2 Å². The van der Waals surface area contributed by atoms with Crippen molar-refractivity contribution in [1.82, 2.24) is 4.98 Å². The van der Waals surface area contributed by atoms with Crippen LogP contribution >= 0.6 is 0 Å². The summed E-state index contributed by atoms with van der Waals surface area (Å²) in [6, 6.07) is 10.9. The van der Waals surface area contributed by atoms with Crippen LogP contribution in [0.2, 0.25) is 0 Å². The van der Waals surface area contributed by atoms with Crippen LogP contribution in [0.1, 0.15) is 16.8 Å². The molecule has 0 saturated heterocycles. The van der Waals surface area contributed by atoms with E-state index in [2.05, 4.69) is 11.1 Å². The number of aromatic nitrogens is 1. The number of hydrogen-bond donors (Lipinski definition) is 1. The lowest BCUT2D eigenvalue weighted by atomic mass is 10.2. The molecular formula is C14H13N3O. The molecule has 0 aliphatic heterocycles. The normalized spacial score (nSPS) is 9.83. The summed E-state index contributed by atoms with van der Waals surface area (Å²) in [7, 11) is 0. The van der Waals surface area contributed by atoms with Crippen molar-refractivity contribution >= 4 is 5.69 Å². The van der Waals surface area contributed by atoms with E-state index in [9.17, 15) is 0 Å². The predicted octanol–water partition coefficient (Wildman–Crippen LogP) is 2.94. The van der Waals surface area contributed by atoms with Crippen LogP contribution in [-0.4, -0.2) is 4.98 Å². The van der Waals surface area contributed by atoms with Crippen molar-refractivity contribution in [2.24, 2.45) is 0 Å². The zero-order valence-electron chi connectivity index (χ0n) is 10.3. The molecule has 2 aromatic rings. The van der Waals surface area contributed by atoms with Gasteiger partial charge in [-0.2, -0.15) is 5.26 Å². The van der Waals surface area contributed by atoms with E-state index in [0.29, 0.717) is 22.9 Å². The number of nitrogen functional groups attached to an aromatic ring is 1. The zero-order chi connectivity index (χ0) is 13.1. The first-order valence-corrected chi connectivity index (χ1v) is 5.52. The second-order valence-corrected chi connectivity index (χ2v) is 4.04. The first-order chi connectivity index (χ1) is 8.60. The fourth-order valence-electron chi connectivity index (χ4n) is 1.67. The molecular weight excluding hydrogens is 226 g/mol. The van der Waals surface area contributed by atoms with E-state index in [-0.39, 0.29) is 0 Å². The third-order valence-corrected chi connectivity index (χ3v) is 2.51. The van der Waals surface area contributed by atoms with Crippen molar-refractivity contribution in [1.29, 1.82) is 5.26 Å². The Hall–Kier alpha value is -2.54. The van der Waals surface area contributed by atoms with Crippen molar-refractivity contribution in [3.05, 3.63) is 47.2 Å². The van der Waals surface area contributed by atoms with Crippen LogP contribution < -0.4 is 10.5 Å². The van der Waals surface area contributed by atoms with Gasteiger partial charge in [0.15, 0.2) is 5.75 Å². The second-order valence-electron chi connectivity index (χ2n) is 4.04. The van der Waals surface area contributed by atoms with Crippen LogP contribution in [0.15, 0.2) is 30.3 Å². The van der Waals surface area contributed by atoms with E-state index < -0.39 is 0 Å². The Bertz CT molecular complexity index is 609. The SMILES string of the molecule is Cc1cc(C#N)cc(Oc2c(C)cccc2N)n1. The Morgan fingerprint density at radius 2 is 2.06 bits per heavy atom. The maximum atomic E-state index is 8.90. The van der Waals surface area contributed by atoms with E-state index >= 15 is 0 Å². The van der Waals surface area contributed by atoms with Gasteiger partial charge >= 0.3 is 0 Å². The second kappa shape index (κ2) is 4.76. The van der Waals surface area contributed by atoms with Crippen LogP contribution in [0.5, 0.6) is 11.6 Å². The van der Waals surface area contributed by atoms with Crippen molar-refractivity contribution in [3.63, 3.8) is 0 Å². The quantitative estimate of drug-likeness (QED) is 0.818. The van der Waals surface area contributed by atoms with Crippen molar-refractivity contribution in [3.8, 4) is 17.7 Å². The number of ether oxygens (including phenoxy) is 1. The minimum absolute atomic E-state index is 0.382. The van der Waals surface area contributed by atoms with Gasteiger partial charge in [-0.25, -0.2) is 4.98 Å².